The molecule has 2 aromatic carbocycles. The quantitative estimate of drug-likeness (QED) is 0.685. The third-order valence-corrected chi connectivity index (χ3v) is 4.32. The van der Waals surface area contributed by atoms with Crippen molar-refractivity contribution >= 4 is 29.0 Å². The van der Waals surface area contributed by atoms with E-state index in [1.807, 2.05) is 30.3 Å². The smallest absolute Gasteiger partial charge is 0.271 e. The van der Waals surface area contributed by atoms with Gasteiger partial charge in [-0.25, -0.2) is 9.97 Å². The zero-order chi connectivity index (χ0) is 19.3. The Morgan fingerprint density at radius 2 is 1.79 bits per heavy atom. The van der Waals surface area contributed by atoms with Gasteiger partial charge in [-0.15, -0.1) is 0 Å². The molecule has 2 N–H and O–H groups in total. The second-order valence-electron chi connectivity index (χ2n) is 6.08. The molecule has 0 bridgehead atoms. The van der Waals surface area contributed by atoms with Crippen LogP contribution in [0.2, 0.25) is 5.02 Å². The van der Waals surface area contributed by atoms with Gasteiger partial charge in [0.1, 0.15) is 24.7 Å². The fourth-order valence-electron chi connectivity index (χ4n) is 2.65. The number of anilines is 2. The van der Waals surface area contributed by atoms with Crippen LogP contribution in [0.1, 0.15) is 16.1 Å². The molecule has 1 aliphatic heterocycles. The first-order valence-corrected chi connectivity index (χ1v) is 9.06. The lowest BCUT2D eigenvalue weighted by molar-refractivity contribution is 0.0945. The summed E-state index contributed by atoms with van der Waals surface area (Å²) < 4.78 is 11.1. The number of benzene rings is 2. The Kier molecular flexibility index (Phi) is 5.25. The van der Waals surface area contributed by atoms with Crippen LogP contribution < -0.4 is 20.1 Å². The minimum absolute atomic E-state index is 0.238. The fourth-order valence-corrected chi connectivity index (χ4v) is 2.78. The summed E-state index contributed by atoms with van der Waals surface area (Å²) in [5.41, 5.74) is 1.97. The molecule has 7 nitrogen and oxygen atoms in total. The maximum absolute atomic E-state index is 12.2. The first kappa shape index (κ1) is 18.1. The number of rotatable bonds is 5. The Morgan fingerprint density at radius 3 is 2.54 bits per heavy atom. The normalized spacial score (nSPS) is 12.3. The first-order chi connectivity index (χ1) is 13.7. The number of aromatic nitrogens is 2. The van der Waals surface area contributed by atoms with Crippen LogP contribution in [0, 0.1) is 0 Å². The largest absolute Gasteiger partial charge is 0.486 e. The molecule has 1 aliphatic rings. The van der Waals surface area contributed by atoms with Gasteiger partial charge in [-0.2, -0.15) is 0 Å². The van der Waals surface area contributed by atoms with Crippen molar-refractivity contribution < 1.29 is 14.3 Å². The second kappa shape index (κ2) is 8.14. The van der Waals surface area contributed by atoms with Gasteiger partial charge in [0, 0.05) is 23.3 Å². The number of ether oxygens (including phenoxy) is 2. The highest BCUT2D eigenvalue weighted by Gasteiger charge is 2.12. The van der Waals surface area contributed by atoms with E-state index in [0.717, 1.165) is 17.0 Å². The monoisotopic (exact) mass is 396 g/mol. The molecule has 0 radical (unpaired) electrons. The van der Waals surface area contributed by atoms with E-state index < -0.39 is 0 Å². The van der Waals surface area contributed by atoms with E-state index in [2.05, 4.69) is 20.6 Å². The predicted octanol–water partition coefficient (Wildman–Crippen LogP) is 3.57. The van der Waals surface area contributed by atoms with Crippen molar-refractivity contribution in [3.63, 3.8) is 0 Å². The number of fused-ring (bicyclic) bond motifs is 1. The topological polar surface area (TPSA) is 85.4 Å². The molecule has 1 amide bonds. The highest BCUT2D eigenvalue weighted by atomic mass is 35.5. The zero-order valence-electron chi connectivity index (χ0n) is 14.8. The van der Waals surface area contributed by atoms with Crippen molar-refractivity contribution in [3.05, 3.63) is 71.1 Å². The molecule has 3 aromatic rings. The third-order valence-electron chi connectivity index (χ3n) is 4.07. The molecule has 1 aromatic heterocycles. The highest BCUT2D eigenvalue weighted by molar-refractivity contribution is 6.30. The van der Waals surface area contributed by atoms with Gasteiger partial charge in [-0.3, -0.25) is 4.79 Å². The van der Waals surface area contributed by atoms with Crippen molar-refractivity contribution in [1.82, 2.24) is 15.3 Å². The molecule has 2 heterocycles. The highest BCUT2D eigenvalue weighted by Crippen LogP contribution is 2.33. The zero-order valence-corrected chi connectivity index (χ0v) is 15.6. The van der Waals surface area contributed by atoms with E-state index in [1.165, 1.54) is 12.4 Å². The SMILES string of the molecule is O=C(NCc1ccc(Cl)cc1)c1cnc(Nc2ccc3c(c2)OCCO3)cn1. The summed E-state index contributed by atoms with van der Waals surface area (Å²) in [5.74, 6) is 1.62. The van der Waals surface area contributed by atoms with Crippen LogP contribution in [-0.2, 0) is 6.54 Å². The average molecular weight is 397 g/mol. The second-order valence-corrected chi connectivity index (χ2v) is 6.52. The van der Waals surface area contributed by atoms with Crippen LogP contribution >= 0.6 is 11.6 Å². The van der Waals surface area contributed by atoms with Crippen molar-refractivity contribution in [1.29, 1.82) is 0 Å². The molecule has 142 valence electrons. The molecule has 0 aliphatic carbocycles. The minimum atomic E-state index is -0.298. The molecule has 4 rings (SSSR count). The number of amides is 1. The number of halogens is 1. The maximum atomic E-state index is 12.2. The Labute approximate surface area is 166 Å². The van der Waals surface area contributed by atoms with E-state index in [0.29, 0.717) is 36.3 Å². The molecular formula is C20H17ClN4O3. The Hall–Kier alpha value is -3.32. The van der Waals surface area contributed by atoms with Crippen molar-refractivity contribution in [2.75, 3.05) is 18.5 Å². The Morgan fingerprint density at radius 1 is 1.00 bits per heavy atom. The summed E-state index contributed by atoms with van der Waals surface area (Å²) >= 11 is 5.85. The number of hydrogen-bond donors (Lipinski definition) is 2. The summed E-state index contributed by atoms with van der Waals surface area (Å²) in [6, 6.07) is 12.8. The fraction of sp³-hybridized carbons (Fsp3) is 0.150. The lowest BCUT2D eigenvalue weighted by atomic mass is 10.2. The van der Waals surface area contributed by atoms with Gasteiger partial charge in [0.05, 0.1) is 12.4 Å². The van der Waals surface area contributed by atoms with Gasteiger partial charge in [0.25, 0.3) is 5.91 Å². The average Bonchev–Trinajstić information content (AvgIpc) is 2.73. The molecule has 0 atom stereocenters. The lowest BCUT2D eigenvalue weighted by Crippen LogP contribution is -2.24. The standard InChI is InChI=1S/C20H17ClN4O3/c21-14-3-1-13(2-4-14)10-24-20(26)16-11-23-19(12-22-16)25-15-5-6-17-18(9-15)28-8-7-27-17/h1-6,9,11-12H,7-8,10H2,(H,23,25)(H,24,26). The van der Waals surface area contributed by atoms with E-state index >= 15 is 0 Å². The molecular weight excluding hydrogens is 380 g/mol. The number of nitrogens with zero attached hydrogens (tertiary/aromatic N) is 2. The third kappa shape index (κ3) is 4.32. The van der Waals surface area contributed by atoms with Crippen LogP contribution in [0.15, 0.2) is 54.9 Å². The van der Waals surface area contributed by atoms with Crippen molar-refractivity contribution in [3.8, 4) is 11.5 Å². The molecule has 0 fully saturated rings. The molecule has 8 heteroatoms. The number of carbonyl (C=O) groups excluding carboxylic acids is 1. The summed E-state index contributed by atoms with van der Waals surface area (Å²) in [6.07, 6.45) is 2.94. The molecule has 0 spiro atoms. The van der Waals surface area contributed by atoms with Gasteiger partial charge in [0.2, 0.25) is 0 Å². The van der Waals surface area contributed by atoms with Crippen molar-refractivity contribution in [2.45, 2.75) is 6.54 Å². The molecule has 28 heavy (non-hydrogen) atoms. The summed E-state index contributed by atoms with van der Waals surface area (Å²) in [7, 11) is 0. The van der Waals surface area contributed by atoms with E-state index in [-0.39, 0.29) is 11.6 Å². The maximum Gasteiger partial charge on any atom is 0.271 e. The van der Waals surface area contributed by atoms with Crippen LogP contribution in [0.4, 0.5) is 11.5 Å². The molecule has 0 unspecified atom stereocenters. The Balaban J connectivity index is 1.36. The number of nitrogens with one attached hydrogen (secondary N) is 2. The van der Waals surface area contributed by atoms with Gasteiger partial charge in [-0.1, -0.05) is 23.7 Å². The van der Waals surface area contributed by atoms with Crippen LogP contribution in [0.3, 0.4) is 0 Å². The van der Waals surface area contributed by atoms with Crippen LogP contribution in [0.5, 0.6) is 11.5 Å². The summed E-state index contributed by atoms with van der Waals surface area (Å²) in [6.45, 7) is 1.46. The van der Waals surface area contributed by atoms with Gasteiger partial charge in [-0.05, 0) is 29.8 Å². The number of hydrogen-bond acceptors (Lipinski definition) is 6. The van der Waals surface area contributed by atoms with Crippen molar-refractivity contribution in [2.24, 2.45) is 0 Å². The summed E-state index contributed by atoms with van der Waals surface area (Å²) in [4.78, 5) is 20.6. The van der Waals surface area contributed by atoms with Gasteiger partial charge < -0.3 is 20.1 Å². The van der Waals surface area contributed by atoms with E-state index in [9.17, 15) is 4.79 Å². The van der Waals surface area contributed by atoms with E-state index in [1.54, 1.807) is 12.1 Å². The number of carbonyl (C=O) groups is 1. The Bertz CT molecular complexity index is 978. The van der Waals surface area contributed by atoms with E-state index in [4.69, 9.17) is 21.1 Å². The summed E-state index contributed by atoms with van der Waals surface area (Å²) in [5, 5.41) is 6.59. The lowest BCUT2D eigenvalue weighted by Gasteiger charge is -2.19. The minimum Gasteiger partial charge on any atom is -0.486 e. The molecule has 0 saturated carbocycles. The van der Waals surface area contributed by atoms with Gasteiger partial charge in [0.15, 0.2) is 11.5 Å². The predicted molar refractivity (Wildman–Crippen MR) is 105 cm³/mol. The van der Waals surface area contributed by atoms with Crippen LogP contribution in [0.25, 0.3) is 0 Å². The van der Waals surface area contributed by atoms with Gasteiger partial charge >= 0.3 is 0 Å². The molecule has 0 saturated heterocycles. The van der Waals surface area contributed by atoms with Crippen LogP contribution in [-0.4, -0.2) is 29.1 Å². The first-order valence-electron chi connectivity index (χ1n) is 8.69.